The molecule has 1 aliphatic rings. The summed E-state index contributed by atoms with van der Waals surface area (Å²) in [7, 11) is 0. The lowest BCUT2D eigenvalue weighted by Crippen LogP contribution is -2.21. The molecule has 3 aromatic rings. The van der Waals surface area contributed by atoms with Crippen LogP contribution in [0.15, 0.2) is 64.0 Å². The minimum Gasteiger partial charge on any atom is -0.295 e. The molecule has 8 heteroatoms. The molecular weight excluding hydrogens is 411 g/mol. The Morgan fingerprint density at radius 1 is 0.897 bits per heavy atom. The van der Waals surface area contributed by atoms with Crippen LogP contribution in [0.25, 0.3) is 11.8 Å². The maximum atomic E-state index is 12.9. The molecule has 0 fully saturated rings. The van der Waals surface area contributed by atoms with Crippen molar-refractivity contribution >= 4 is 46.6 Å². The number of H-pyrrole nitrogens is 1. The highest BCUT2D eigenvalue weighted by atomic mass is 35.5. The first-order chi connectivity index (χ1) is 13.8. The van der Waals surface area contributed by atoms with Crippen LogP contribution in [-0.4, -0.2) is 21.4 Å². The molecule has 4 rings (SSSR count). The zero-order valence-corrected chi connectivity index (χ0v) is 17.1. The van der Waals surface area contributed by atoms with Gasteiger partial charge < -0.3 is 0 Å². The summed E-state index contributed by atoms with van der Waals surface area (Å²) in [6.45, 7) is 3.52. The summed E-state index contributed by atoms with van der Waals surface area (Å²) in [4.78, 5) is 25.9. The highest BCUT2D eigenvalue weighted by Crippen LogP contribution is 2.26. The molecule has 0 radical (unpaired) electrons. The van der Waals surface area contributed by atoms with Crippen LogP contribution >= 0.6 is 23.2 Å². The Labute approximate surface area is 176 Å². The summed E-state index contributed by atoms with van der Waals surface area (Å²) in [5.41, 5.74) is 2.93. The number of carbonyl (C=O) groups is 1. The highest BCUT2D eigenvalue weighted by molar-refractivity contribution is 6.32. The lowest BCUT2D eigenvalue weighted by Gasteiger charge is -2.11. The van der Waals surface area contributed by atoms with Gasteiger partial charge in [0.15, 0.2) is 0 Å². The van der Waals surface area contributed by atoms with Crippen molar-refractivity contribution in [3.8, 4) is 5.69 Å². The van der Waals surface area contributed by atoms with E-state index < -0.39 is 0 Å². The van der Waals surface area contributed by atoms with Crippen LogP contribution in [0.2, 0.25) is 10.0 Å². The number of amides is 1. The second-order valence-corrected chi connectivity index (χ2v) is 7.48. The Morgan fingerprint density at radius 3 is 2.03 bits per heavy atom. The SMILES string of the molecule is CC1=NN(c2ccc(Cl)cc2)C(=O)/C1=C\c1c(C)[nH]n(-c2ccc(Cl)cc2)c1=O. The Hall–Kier alpha value is -3.09. The molecule has 0 bridgehead atoms. The number of aryl methyl sites for hydroxylation is 1. The predicted octanol–water partition coefficient (Wildman–Crippen LogP) is 4.59. The molecule has 2 aromatic carbocycles. The van der Waals surface area contributed by atoms with Crippen LogP contribution < -0.4 is 10.6 Å². The number of aromatic amines is 1. The highest BCUT2D eigenvalue weighted by Gasteiger charge is 2.29. The van der Waals surface area contributed by atoms with Crippen molar-refractivity contribution in [3.05, 3.63) is 85.8 Å². The Morgan fingerprint density at radius 2 is 1.45 bits per heavy atom. The van der Waals surface area contributed by atoms with E-state index >= 15 is 0 Å². The number of aromatic nitrogens is 2. The molecule has 0 aliphatic carbocycles. The van der Waals surface area contributed by atoms with E-state index in [0.717, 1.165) is 0 Å². The van der Waals surface area contributed by atoms with Crippen molar-refractivity contribution in [2.75, 3.05) is 5.01 Å². The lowest BCUT2D eigenvalue weighted by atomic mass is 10.1. The average molecular weight is 427 g/mol. The first kappa shape index (κ1) is 19.2. The van der Waals surface area contributed by atoms with Gasteiger partial charge in [0.2, 0.25) is 0 Å². The standard InChI is InChI=1S/C21H16Cl2N4O2/c1-12-18(20(28)26(24-12)16-7-3-14(22)4-8-16)11-19-13(2)25-27(21(19)29)17-9-5-15(23)6-10-17/h3-11,24H,1-2H3/b19-11-. The summed E-state index contributed by atoms with van der Waals surface area (Å²) in [6, 6.07) is 13.7. The molecule has 1 aromatic heterocycles. The number of anilines is 1. The van der Waals surface area contributed by atoms with Gasteiger partial charge in [0, 0.05) is 15.7 Å². The number of nitrogens with zero attached hydrogens (tertiary/aromatic N) is 3. The van der Waals surface area contributed by atoms with E-state index in [9.17, 15) is 9.59 Å². The van der Waals surface area contributed by atoms with E-state index in [-0.39, 0.29) is 11.5 Å². The van der Waals surface area contributed by atoms with Crippen molar-refractivity contribution < 1.29 is 4.79 Å². The topological polar surface area (TPSA) is 70.5 Å². The molecule has 0 spiro atoms. The number of halogens is 2. The quantitative estimate of drug-likeness (QED) is 0.622. The number of rotatable bonds is 3. The van der Waals surface area contributed by atoms with Gasteiger partial charge in [-0.2, -0.15) is 10.1 Å². The van der Waals surface area contributed by atoms with Crippen LogP contribution in [0, 0.1) is 6.92 Å². The first-order valence-corrected chi connectivity index (χ1v) is 9.55. The summed E-state index contributed by atoms with van der Waals surface area (Å²) < 4.78 is 1.42. The fourth-order valence-electron chi connectivity index (χ4n) is 3.09. The van der Waals surface area contributed by atoms with Gasteiger partial charge in [0.1, 0.15) is 0 Å². The van der Waals surface area contributed by atoms with Crippen molar-refractivity contribution in [2.45, 2.75) is 13.8 Å². The van der Waals surface area contributed by atoms with E-state index in [4.69, 9.17) is 23.2 Å². The Bertz CT molecular complexity index is 1220. The van der Waals surface area contributed by atoms with E-state index in [0.29, 0.717) is 44.0 Å². The Kier molecular flexibility index (Phi) is 4.90. The van der Waals surface area contributed by atoms with Gasteiger partial charge >= 0.3 is 0 Å². The monoisotopic (exact) mass is 426 g/mol. The molecule has 0 atom stereocenters. The molecule has 146 valence electrons. The first-order valence-electron chi connectivity index (χ1n) is 8.80. The molecule has 0 unspecified atom stereocenters. The minimum absolute atomic E-state index is 0.261. The van der Waals surface area contributed by atoms with Crippen molar-refractivity contribution in [1.82, 2.24) is 9.78 Å². The number of nitrogens with one attached hydrogen (secondary N) is 1. The van der Waals surface area contributed by atoms with Crippen LogP contribution in [0.4, 0.5) is 5.69 Å². The maximum Gasteiger partial charge on any atom is 0.280 e. The smallest absolute Gasteiger partial charge is 0.280 e. The third-order valence-corrected chi connectivity index (χ3v) is 5.13. The second kappa shape index (κ2) is 7.39. The van der Waals surface area contributed by atoms with Gasteiger partial charge in [-0.15, -0.1) is 0 Å². The summed E-state index contributed by atoms with van der Waals surface area (Å²) in [6.07, 6.45) is 1.58. The Balaban J connectivity index is 1.72. The van der Waals surface area contributed by atoms with Crippen LogP contribution in [0.3, 0.4) is 0 Å². The zero-order valence-electron chi connectivity index (χ0n) is 15.6. The number of hydrogen-bond donors (Lipinski definition) is 1. The van der Waals surface area contributed by atoms with E-state index in [2.05, 4.69) is 10.2 Å². The lowest BCUT2D eigenvalue weighted by molar-refractivity contribution is -0.114. The van der Waals surface area contributed by atoms with Crippen LogP contribution in [0.5, 0.6) is 0 Å². The third-order valence-electron chi connectivity index (χ3n) is 4.62. The zero-order chi connectivity index (χ0) is 20.7. The predicted molar refractivity (Wildman–Crippen MR) is 116 cm³/mol. The molecule has 0 saturated heterocycles. The molecule has 29 heavy (non-hydrogen) atoms. The van der Waals surface area contributed by atoms with Gasteiger partial charge in [0.25, 0.3) is 11.5 Å². The fraction of sp³-hybridized carbons (Fsp3) is 0.0952. The largest absolute Gasteiger partial charge is 0.295 e. The second-order valence-electron chi connectivity index (χ2n) is 6.60. The average Bonchev–Trinajstić information content (AvgIpc) is 3.14. The van der Waals surface area contributed by atoms with Gasteiger partial charge in [-0.25, -0.2) is 4.68 Å². The number of hydrazone groups is 1. The number of carbonyl (C=O) groups excluding carboxylic acids is 1. The molecule has 1 aliphatic heterocycles. The van der Waals surface area contributed by atoms with Crippen LogP contribution in [0.1, 0.15) is 18.2 Å². The van der Waals surface area contributed by atoms with Gasteiger partial charge in [-0.05, 0) is 68.5 Å². The van der Waals surface area contributed by atoms with E-state index in [1.54, 1.807) is 68.5 Å². The summed E-state index contributed by atoms with van der Waals surface area (Å²) in [5.74, 6) is -0.303. The van der Waals surface area contributed by atoms with Gasteiger partial charge in [0.05, 0.1) is 28.2 Å². The molecule has 2 heterocycles. The number of benzene rings is 2. The van der Waals surface area contributed by atoms with Crippen LogP contribution in [-0.2, 0) is 4.79 Å². The molecule has 1 amide bonds. The van der Waals surface area contributed by atoms with Crippen molar-refractivity contribution in [3.63, 3.8) is 0 Å². The summed E-state index contributed by atoms with van der Waals surface area (Å²) in [5, 5.41) is 9.83. The van der Waals surface area contributed by atoms with Crippen molar-refractivity contribution in [1.29, 1.82) is 0 Å². The van der Waals surface area contributed by atoms with Crippen molar-refractivity contribution in [2.24, 2.45) is 5.10 Å². The van der Waals surface area contributed by atoms with E-state index in [1.165, 1.54) is 9.69 Å². The maximum absolute atomic E-state index is 12.9. The molecule has 1 N–H and O–H groups in total. The van der Waals surface area contributed by atoms with Gasteiger partial charge in [-0.3, -0.25) is 14.7 Å². The summed E-state index contributed by atoms with van der Waals surface area (Å²) >= 11 is 11.8. The normalized spacial score (nSPS) is 15.3. The minimum atomic E-state index is -0.303. The molecular formula is C21H16Cl2N4O2. The van der Waals surface area contributed by atoms with Gasteiger partial charge in [-0.1, -0.05) is 23.2 Å². The number of hydrogen-bond acceptors (Lipinski definition) is 3. The fourth-order valence-corrected chi connectivity index (χ4v) is 3.34. The van der Waals surface area contributed by atoms with E-state index in [1.807, 2.05) is 0 Å². The third kappa shape index (κ3) is 3.52. The molecule has 0 saturated carbocycles. The molecule has 6 nitrogen and oxygen atoms in total.